The van der Waals surface area contributed by atoms with Crippen LogP contribution in [-0.2, 0) is 13.2 Å². The molecule has 0 aliphatic rings. The zero-order valence-electron chi connectivity index (χ0n) is 12.9. The van der Waals surface area contributed by atoms with E-state index >= 15 is 0 Å². The molecule has 0 bridgehead atoms. The van der Waals surface area contributed by atoms with Crippen LogP contribution in [0.4, 0.5) is 4.39 Å². The molecular formula is C16H12FN5OS2. The molecule has 9 heteroatoms. The Morgan fingerprint density at radius 3 is 2.80 bits per heavy atom. The van der Waals surface area contributed by atoms with Crippen LogP contribution in [-0.4, -0.2) is 25.2 Å². The van der Waals surface area contributed by atoms with Gasteiger partial charge in [0.2, 0.25) is 5.82 Å². The Labute approximate surface area is 150 Å². The third-order valence-corrected chi connectivity index (χ3v) is 5.01. The summed E-state index contributed by atoms with van der Waals surface area (Å²) in [6, 6.07) is 9.83. The van der Waals surface area contributed by atoms with Crippen molar-refractivity contribution in [3.05, 3.63) is 63.7 Å². The smallest absolute Gasteiger partial charge is 0.214 e. The minimum atomic E-state index is -0.286. The number of hydrogen-bond acceptors (Lipinski definition) is 7. The lowest BCUT2D eigenvalue weighted by Crippen LogP contribution is -2.05. The fourth-order valence-electron chi connectivity index (χ4n) is 2.12. The van der Waals surface area contributed by atoms with Crippen molar-refractivity contribution in [2.45, 2.75) is 13.2 Å². The molecule has 0 saturated heterocycles. The summed E-state index contributed by atoms with van der Waals surface area (Å²) >= 11 is 3.07. The maximum atomic E-state index is 12.9. The molecule has 25 heavy (non-hydrogen) atoms. The highest BCUT2D eigenvalue weighted by Crippen LogP contribution is 2.20. The van der Waals surface area contributed by atoms with Crippen molar-refractivity contribution in [1.29, 1.82) is 0 Å². The molecule has 0 N–H and O–H groups in total. The number of thiazole rings is 1. The fraction of sp³-hybridized carbons (Fsp3) is 0.125. The SMILES string of the molecule is Fc1ccc(OCc2nc(Cn3nnc(-c4cccs4)n3)cs2)cc1. The van der Waals surface area contributed by atoms with Gasteiger partial charge in [-0.15, -0.1) is 32.9 Å². The molecule has 0 amide bonds. The third kappa shape index (κ3) is 3.89. The topological polar surface area (TPSA) is 65.7 Å². The zero-order valence-corrected chi connectivity index (χ0v) is 14.5. The number of hydrogen-bond donors (Lipinski definition) is 0. The van der Waals surface area contributed by atoms with Crippen molar-refractivity contribution >= 4 is 22.7 Å². The van der Waals surface area contributed by atoms with Gasteiger partial charge in [-0.3, -0.25) is 0 Å². The van der Waals surface area contributed by atoms with Gasteiger partial charge in [0, 0.05) is 5.38 Å². The van der Waals surface area contributed by atoms with E-state index < -0.39 is 0 Å². The van der Waals surface area contributed by atoms with E-state index in [1.807, 2.05) is 22.9 Å². The first-order valence-electron chi connectivity index (χ1n) is 7.39. The summed E-state index contributed by atoms with van der Waals surface area (Å²) in [7, 11) is 0. The van der Waals surface area contributed by atoms with Crippen molar-refractivity contribution in [1.82, 2.24) is 25.2 Å². The van der Waals surface area contributed by atoms with E-state index in [1.54, 1.807) is 23.5 Å². The van der Waals surface area contributed by atoms with Gasteiger partial charge in [-0.1, -0.05) is 6.07 Å². The summed E-state index contributed by atoms with van der Waals surface area (Å²) in [6.45, 7) is 0.785. The van der Waals surface area contributed by atoms with E-state index in [-0.39, 0.29) is 5.82 Å². The molecule has 0 saturated carbocycles. The fourth-order valence-corrected chi connectivity index (χ4v) is 3.47. The number of tetrazole rings is 1. The average Bonchev–Trinajstić information content (AvgIpc) is 3.36. The molecule has 1 aromatic carbocycles. The van der Waals surface area contributed by atoms with E-state index in [9.17, 15) is 4.39 Å². The lowest BCUT2D eigenvalue weighted by Gasteiger charge is -2.03. The first-order chi connectivity index (χ1) is 12.3. The minimum Gasteiger partial charge on any atom is -0.486 e. The normalized spacial score (nSPS) is 10.9. The zero-order chi connectivity index (χ0) is 17.1. The molecule has 4 aromatic rings. The highest BCUT2D eigenvalue weighted by Gasteiger charge is 2.09. The maximum Gasteiger partial charge on any atom is 0.214 e. The van der Waals surface area contributed by atoms with Gasteiger partial charge in [-0.05, 0) is 40.9 Å². The molecule has 3 heterocycles. The Morgan fingerprint density at radius 2 is 2.00 bits per heavy atom. The van der Waals surface area contributed by atoms with Crippen LogP contribution in [0, 0.1) is 5.82 Å². The maximum absolute atomic E-state index is 12.9. The molecule has 0 spiro atoms. The Kier molecular flexibility index (Phi) is 4.49. The van der Waals surface area contributed by atoms with Crippen LogP contribution in [0.1, 0.15) is 10.7 Å². The standard InChI is InChI=1S/C16H12FN5OS2/c17-11-3-5-13(6-4-11)23-9-15-18-12(10-25-15)8-22-20-16(19-21-22)14-2-1-7-24-14/h1-7,10H,8-9H2. The summed E-state index contributed by atoms with van der Waals surface area (Å²) in [5.74, 6) is 0.938. The number of halogens is 1. The van der Waals surface area contributed by atoms with Crippen molar-refractivity contribution in [2.24, 2.45) is 0 Å². The molecule has 0 fully saturated rings. The van der Waals surface area contributed by atoms with Gasteiger partial charge < -0.3 is 4.74 Å². The second-order valence-electron chi connectivity index (χ2n) is 5.10. The van der Waals surface area contributed by atoms with E-state index in [0.717, 1.165) is 15.6 Å². The predicted octanol–water partition coefficient (Wildman–Crippen LogP) is 3.62. The van der Waals surface area contributed by atoms with Crippen LogP contribution in [0.2, 0.25) is 0 Å². The monoisotopic (exact) mass is 373 g/mol. The van der Waals surface area contributed by atoms with Gasteiger partial charge in [0.05, 0.1) is 10.6 Å². The number of ether oxygens (including phenoxy) is 1. The van der Waals surface area contributed by atoms with Crippen LogP contribution < -0.4 is 4.74 Å². The minimum absolute atomic E-state index is 0.286. The molecule has 6 nitrogen and oxygen atoms in total. The molecule has 4 rings (SSSR count). The predicted molar refractivity (Wildman–Crippen MR) is 93.1 cm³/mol. The molecule has 126 valence electrons. The van der Waals surface area contributed by atoms with Crippen molar-refractivity contribution in [2.75, 3.05) is 0 Å². The molecule has 0 unspecified atom stereocenters. The second-order valence-corrected chi connectivity index (χ2v) is 6.99. The lowest BCUT2D eigenvalue weighted by atomic mass is 10.3. The van der Waals surface area contributed by atoms with Crippen LogP contribution in [0.15, 0.2) is 47.2 Å². The number of nitrogens with zero attached hydrogens (tertiary/aromatic N) is 5. The van der Waals surface area contributed by atoms with Crippen LogP contribution in [0.25, 0.3) is 10.7 Å². The average molecular weight is 373 g/mol. The number of thiophene rings is 1. The number of benzene rings is 1. The van der Waals surface area contributed by atoms with Gasteiger partial charge in [0.25, 0.3) is 0 Å². The highest BCUT2D eigenvalue weighted by molar-refractivity contribution is 7.13. The van der Waals surface area contributed by atoms with Gasteiger partial charge in [-0.25, -0.2) is 9.37 Å². The largest absolute Gasteiger partial charge is 0.486 e. The summed E-state index contributed by atoms with van der Waals surface area (Å²) in [5.41, 5.74) is 0.845. The van der Waals surface area contributed by atoms with Crippen LogP contribution >= 0.6 is 22.7 Å². The Hall–Kier alpha value is -2.65. The van der Waals surface area contributed by atoms with E-state index in [2.05, 4.69) is 20.4 Å². The second kappa shape index (κ2) is 7.08. The van der Waals surface area contributed by atoms with Crippen molar-refractivity contribution in [3.63, 3.8) is 0 Å². The molecule has 3 aromatic heterocycles. The molecular weight excluding hydrogens is 361 g/mol. The van der Waals surface area contributed by atoms with E-state index in [1.165, 1.54) is 28.3 Å². The Balaban J connectivity index is 1.37. The van der Waals surface area contributed by atoms with Crippen molar-refractivity contribution in [3.8, 4) is 16.5 Å². The molecule has 0 radical (unpaired) electrons. The van der Waals surface area contributed by atoms with Gasteiger partial charge in [0.1, 0.15) is 29.7 Å². The summed E-state index contributed by atoms with van der Waals surface area (Å²) in [5, 5.41) is 17.2. The van der Waals surface area contributed by atoms with Gasteiger partial charge in [-0.2, -0.15) is 4.80 Å². The summed E-state index contributed by atoms with van der Waals surface area (Å²) in [6.07, 6.45) is 0. The van der Waals surface area contributed by atoms with Crippen molar-refractivity contribution < 1.29 is 9.13 Å². The number of rotatable bonds is 6. The van der Waals surface area contributed by atoms with E-state index in [4.69, 9.17) is 4.74 Å². The van der Waals surface area contributed by atoms with Crippen LogP contribution in [0.5, 0.6) is 5.75 Å². The molecule has 0 aliphatic heterocycles. The quantitative estimate of drug-likeness (QED) is 0.516. The first-order valence-corrected chi connectivity index (χ1v) is 9.15. The molecule has 0 atom stereocenters. The van der Waals surface area contributed by atoms with Gasteiger partial charge in [0.15, 0.2) is 0 Å². The number of aromatic nitrogens is 5. The third-order valence-electron chi connectivity index (χ3n) is 3.27. The van der Waals surface area contributed by atoms with Crippen LogP contribution in [0.3, 0.4) is 0 Å². The Bertz CT molecular complexity index is 949. The highest BCUT2D eigenvalue weighted by atomic mass is 32.1. The lowest BCUT2D eigenvalue weighted by molar-refractivity contribution is 0.304. The summed E-state index contributed by atoms with van der Waals surface area (Å²) < 4.78 is 18.5. The van der Waals surface area contributed by atoms with E-state index in [0.29, 0.717) is 24.7 Å². The Morgan fingerprint density at radius 1 is 1.12 bits per heavy atom. The summed E-state index contributed by atoms with van der Waals surface area (Å²) in [4.78, 5) is 7.01. The first kappa shape index (κ1) is 15.9. The molecule has 0 aliphatic carbocycles. The van der Waals surface area contributed by atoms with Gasteiger partial charge >= 0.3 is 0 Å².